The Morgan fingerprint density at radius 2 is 2.14 bits per heavy atom. The van der Waals surface area contributed by atoms with Crippen molar-refractivity contribution in [3.05, 3.63) is 28.8 Å². The number of carbonyl (C=O) groups excluding carboxylic acids is 1. The molecule has 0 aliphatic carbocycles. The van der Waals surface area contributed by atoms with Gasteiger partial charge >= 0.3 is 0 Å². The first-order valence-corrected chi connectivity index (χ1v) is 7.86. The van der Waals surface area contributed by atoms with E-state index in [-0.39, 0.29) is 12.5 Å². The van der Waals surface area contributed by atoms with Gasteiger partial charge in [-0.1, -0.05) is 44.9 Å². The lowest BCUT2D eigenvalue weighted by molar-refractivity contribution is -0.116. The number of rotatable bonds is 9. The van der Waals surface area contributed by atoms with Crippen LogP contribution < -0.4 is 16.0 Å². The number of hydrogen-bond donors (Lipinski definition) is 2. The molecule has 0 aliphatic rings. The van der Waals surface area contributed by atoms with Gasteiger partial charge in [0.1, 0.15) is 0 Å². The molecule has 0 aromatic heterocycles. The number of nitrogens with zero attached hydrogens (tertiary/aromatic N) is 1. The Morgan fingerprint density at radius 1 is 1.43 bits per heavy atom. The fourth-order valence-electron chi connectivity index (χ4n) is 2.12. The summed E-state index contributed by atoms with van der Waals surface area (Å²) in [5, 5.41) is 4.07. The number of anilines is 1. The number of halogens is 1. The van der Waals surface area contributed by atoms with E-state index in [1.807, 2.05) is 23.1 Å². The minimum atomic E-state index is -0.325. The topological polar surface area (TPSA) is 58.4 Å². The Kier molecular flexibility index (Phi) is 7.54. The SMILES string of the molecule is CCCCN(CC(N)=O)c1cc(Cl)ccc1CNC(C)C. The van der Waals surface area contributed by atoms with Gasteiger partial charge in [0.2, 0.25) is 5.91 Å². The third kappa shape index (κ3) is 6.36. The number of carbonyl (C=O) groups is 1. The molecule has 0 bridgehead atoms. The van der Waals surface area contributed by atoms with Gasteiger partial charge in [0.05, 0.1) is 6.54 Å². The normalized spacial score (nSPS) is 10.9. The van der Waals surface area contributed by atoms with Crippen LogP contribution in [-0.2, 0) is 11.3 Å². The minimum absolute atomic E-state index is 0.217. The molecular formula is C16H26ClN3O. The molecule has 0 radical (unpaired) electrons. The minimum Gasteiger partial charge on any atom is -0.368 e. The Morgan fingerprint density at radius 3 is 2.71 bits per heavy atom. The first kappa shape index (κ1) is 17.8. The molecule has 0 saturated heterocycles. The standard InChI is InChI=1S/C16H26ClN3O/c1-4-5-8-20(11-16(18)21)15-9-14(17)7-6-13(15)10-19-12(2)3/h6-7,9,12,19H,4-5,8,10-11H2,1-3H3,(H2,18,21). The van der Waals surface area contributed by atoms with Crippen LogP contribution in [0.2, 0.25) is 5.02 Å². The highest BCUT2D eigenvalue weighted by Gasteiger charge is 2.14. The highest BCUT2D eigenvalue weighted by Crippen LogP contribution is 2.25. The lowest BCUT2D eigenvalue weighted by Crippen LogP contribution is -2.35. The van der Waals surface area contributed by atoms with Crippen LogP contribution in [0.15, 0.2) is 18.2 Å². The molecule has 0 heterocycles. The number of primary amides is 1. The van der Waals surface area contributed by atoms with E-state index in [4.69, 9.17) is 17.3 Å². The van der Waals surface area contributed by atoms with Gasteiger partial charge in [-0.25, -0.2) is 0 Å². The fourth-order valence-corrected chi connectivity index (χ4v) is 2.28. The maximum absolute atomic E-state index is 11.3. The summed E-state index contributed by atoms with van der Waals surface area (Å²) in [5.74, 6) is -0.325. The Bertz CT molecular complexity index is 463. The van der Waals surface area contributed by atoms with E-state index in [1.165, 1.54) is 0 Å². The maximum atomic E-state index is 11.3. The van der Waals surface area contributed by atoms with E-state index in [0.29, 0.717) is 11.1 Å². The second kappa shape index (κ2) is 8.90. The number of benzene rings is 1. The van der Waals surface area contributed by atoms with E-state index >= 15 is 0 Å². The zero-order chi connectivity index (χ0) is 15.8. The van der Waals surface area contributed by atoms with E-state index in [0.717, 1.165) is 37.2 Å². The number of amides is 1. The summed E-state index contributed by atoms with van der Waals surface area (Å²) in [4.78, 5) is 13.4. The van der Waals surface area contributed by atoms with E-state index in [2.05, 4.69) is 26.1 Å². The van der Waals surface area contributed by atoms with Gasteiger partial charge in [0.15, 0.2) is 0 Å². The largest absolute Gasteiger partial charge is 0.368 e. The number of nitrogens with one attached hydrogen (secondary N) is 1. The molecule has 4 nitrogen and oxygen atoms in total. The first-order valence-electron chi connectivity index (χ1n) is 7.49. The lowest BCUT2D eigenvalue weighted by atomic mass is 10.1. The molecule has 21 heavy (non-hydrogen) atoms. The fraction of sp³-hybridized carbons (Fsp3) is 0.562. The summed E-state index contributed by atoms with van der Waals surface area (Å²) < 4.78 is 0. The van der Waals surface area contributed by atoms with Crippen molar-refractivity contribution in [2.75, 3.05) is 18.0 Å². The van der Waals surface area contributed by atoms with Gasteiger partial charge in [0.25, 0.3) is 0 Å². The molecule has 1 aromatic rings. The second-order valence-electron chi connectivity index (χ2n) is 5.55. The number of unbranched alkanes of at least 4 members (excludes halogenated alkanes) is 1. The highest BCUT2D eigenvalue weighted by atomic mass is 35.5. The predicted molar refractivity (Wildman–Crippen MR) is 89.7 cm³/mol. The maximum Gasteiger partial charge on any atom is 0.236 e. The second-order valence-corrected chi connectivity index (χ2v) is 5.99. The van der Waals surface area contributed by atoms with E-state index in [1.54, 1.807) is 0 Å². The van der Waals surface area contributed by atoms with Crippen molar-refractivity contribution in [1.82, 2.24) is 5.32 Å². The summed E-state index contributed by atoms with van der Waals surface area (Å²) >= 11 is 6.13. The molecule has 118 valence electrons. The smallest absolute Gasteiger partial charge is 0.236 e. The van der Waals surface area contributed by atoms with E-state index < -0.39 is 0 Å². The third-order valence-corrected chi connectivity index (χ3v) is 3.45. The molecule has 1 aromatic carbocycles. The van der Waals surface area contributed by atoms with Crippen LogP contribution in [0.3, 0.4) is 0 Å². The van der Waals surface area contributed by atoms with Gasteiger partial charge in [-0.15, -0.1) is 0 Å². The highest BCUT2D eigenvalue weighted by molar-refractivity contribution is 6.30. The van der Waals surface area contributed by atoms with Crippen molar-refractivity contribution in [2.24, 2.45) is 5.73 Å². The lowest BCUT2D eigenvalue weighted by Gasteiger charge is -2.26. The van der Waals surface area contributed by atoms with Crippen LogP contribution in [-0.4, -0.2) is 25.0 Å². The van der Waals surface area contributed by atoms with Crippen molar-refractivity contribution in [1.29, 1.82) is 0 Å². The average molecular weight is 312 g/mol. The summed E-state index contributed by atoms with van der Waals surface area (Å²) in [6, 6.07) is 6.20. The predicted octanol–water partition coefficient (Wildman–Crippen LogP) is 2.93. The van der Waals surface area contributed by atoms with Gasteiger partial charge in [0, 0.05) is 29.8 Å². The molecule has 1 rings (SSSR count). The van der Waals surface area contributed by atoms with Crippen molar-refractivity contribution in [2.45, 2.75) is 46.2 Å². The van der Waals surface area contributed by atoms with E-state index in [9.17, 15) is 4.79 Å². The van der Waals surface area contributed by atoms with Crippen molar-refractivity contribution in [3.8, 4) is 0 Å². The monoisotopic (exact) mass is 311 g/mol. The molecule has 1 amide bonds. The number of hydrogen-bond acceptors (Lipinski definition) is 3. The molecule has 0 atom stereocenters. The molecule has 0 fully saturated rings. The van der Waals surface area contributed by atoms with Gasteiger partial charge in [-0.05, 0) is 24.1 Å². The van der Waals surface area contributed by atoms with Crippen molar-refractivity contribution >= 4 is 23.2 Å². The molecule has 0 saturated carbocycles. The quantitative estimate of drug-likeness (QED) is 0.737. The van der Waals surface area contributed by atoms with Crippen LogP contribution in [0.4, 0.5) is 5.69 Å². The van der Waals surface area contributed by atoms with Crippen molar-refractivity contribution in [3.63, 3.8) is 0 Å². The molecule has 0 unspecified atom stereocenters. The summed E-state index contributed by atoms with van der Waals surface area (Å²) in [6.45, 7) is 8.10. The number of nitrogens with two attached hydrogens (primary N) is 1. The third-order valence-electron chi connectivity index (χ3n) is 3.22. The van der Waals surface area contributed by atoms with Crippen LogP contribution in [0.25, 0.3) is 0 Å². The van der Waals surface area contributed by atoms with Crippen LogP contribution in [0.5, 0.6) is 0 Å². The summed E-state index contributed by atoms with van der Waals surface area (Å²) in [5.41, 5.74) is 7.50. The Balaban J connectivity index is 3.01. The van der Waals surface area contributed by atoms with Gasteiger partial charge in [-0.2, -0.15) is 0 Å². The summed E-state index contributed by atoms with van der Waals surface area (Å²) in [7, 11) is 0. The van der Waals surface area contributed by atoms with Gasteiger partial charge < -0.3 is 16.0 Å². The average Bonchev–Trinajstić information content (AvgIpc) is 2.41. The summed E-state index contributed by atoms with van der Waals surface area (Å²) in [6.07, 6.45) is 2.08. The molecule has 5 heteroatoms. The van der Waals surface area contributed by atoms with Gasteiger partial charge in [-0.3, -0.25) is 4.79 Å². The zero-order valence-electron chi connectivity index (χ0n) is 13.2. The molecule has 0 spiro atoms. The Labute approximate surface area is 132 Å². The van der Waals surface area contributed by atoms with Crippen molar-refractivity contribution < 1.29 is 4.79 Å². The van der Waals surface area contributed by atoms with Crippen LogP contribution in [0, 0.1) is 0 Å². The molecular weight excluding hydrogens is 286 g/mol. The Hall–Kier alpha value is -1.26. The molecule has 0 aliphatic heterocycles. The zero-order valence-corrected chi connectivity index (χ0v) is 13.9. The van der Waals surface area contributed by atoms with Crippen LogP contribution >= 0.6 is 11.6 Å². The first-order chi connectivity index (χ1) is 9.93. The van der Waals surface area contributed by atoms with Crippen LogP contribution in [0.1, 0.15) is 39.2 Å². The molecule has 3 N–H and O–H groups in total.